The highest BCUT2D eigenvalue weighted by Gasteiger charge is 2.34. The van der Waals surface area contributed by atoms with Gasteiger partial charge in [0.2, 0.25) is 0 Å². The maximum Gasteiger partial charge on any atom is 0.338 e. The van der Waals surface area contributed by atoms with Gasteiger partial charge >= 0.3 is 11.9 Å². The lowest BCUT2D eigenvalue weighted by Gasteiger charge is -2.25. The third-order valence-corrected chi connectivity index (χ3v) is 9.13. The third-order valence-electron chi connectivity index (χ3n) is 8.15. The number of thiazole rings is 1. The molecule has 0 N–H and O–H groups in total. The Morgan fingerprint density at radius 3 is 2.29 bits per heavy atom. The summed E-state index contributed by atoms with van der Waals surface area (Å²) in [7, 11) is 2.74. The first-order valence-electron chi connectivity index (χ1n) is 15.2. The first-order valence-corrected chi connectivity index (χ1v) is 16.0. The van der Waals surface area contributed by atoms with E-state index in [1.807, 2.05) is 47.3 Å². The van der Waals surface area contributed by atoms with Gasteiger partial charge in [-0.05, 0) is 74.7 Å². The van der Waals surface area contributed by atoms with Crippen molar-refractivity contribution in [3.63, 3.8) is 0 Å². The molecule has 1 unspecified atom stereocenters. The Morgan fingerprint density at radius 1 is 0.938 bits per heavy atom. The summed E-state index contributed by atoms with van der Waals surface area (Å²) in [5.41, 5.74) is 7.53. The minimum atomic E-state index is -0.885. The highest BCUT2D eigenvalue weighted by atomic mass is 32.1. The number of rotatable bonds is 7. The van der Waals surface area contributed by atoms with Gasteiger partial charge in [0.25, 0.3) is 5.56 Å². The summed E-state index contributed by atoms with van der Waals surface area (Å²) in [5, 5.41) is 5.02. The highest BCUT2D eigenvalue weighted by molar-refractivity contribution is 7.07. The van der Waals surface area contributed by atoms with Crippen molar-refractivity contribution in [2.75, 3.05) is 14.2 Å². The minimum absolute atomic E-state index is 0.210. The normalized spacial score (nSPS) is 14.4. The second-order valence-corrected chi connectivity index (χ2v) is 12.6. The van der Waals surface area contributed by atoms with Gasteiger partial charge in [-0.3, -0.25) is 14.2 Å². The number of fused-ring (bicyclic) bond motifs is 1. The first-order chi connectivity index (χ1) is 23.0. The smallest absolute Gasteiger partial charge is 0.338 e. The molecule has 0 radical (unpaired) electrons. The number of carbonyl (C=O) groups excluding carboxylic acids is 2. The van der Waals surface area contributed by atoms with Crippen LogP contribution in [-0.4, -0.2) is 40.5 Å². The zero-order valence-electron chi connectivity index (χ0n) is 27.7. The predicted octanol–water partition coefficient (Wildman–Crippen LogP) is 5.12. The lowest BCUT2D eigenvalue weighted by molar-refractivity contribution is -0.136. The van der Waals surface area contributed by atoms with Crippen molar-refractivity contribution >= 4 is 29.4 Å². The van der Waals surface area contributed by atoms with Crippen LogP contribution in [0.2, 0.25) is 0 Å². The van der Waals surface area contributed by atoms with E-state index in [4.69, 9.17) is 19.3 Å². The van der Waals surface area contributed by atoms with Gasteiger partial charge in [0.05, 0.1) is 41.8 Å². The molecule has 0 amide bonds. The van der Waals surface area contributed by atoms with Crippen LogP contribution in [0.1, 0.15) is 47.7 Å². The van der Waals surface area contributed by atoms with Crippen molar-refractivity contribution in [3.8, 4) is 28.4 Å². The molecule has 2 aromatic heterocycles. The number of allylic oxidation sites excluding steroid dienone is 1. The molecular weight excluding hydrogens is 628 g/mol. The van der Waals surface area contributed by atoms with Crippen molar-refractivity contribution in [1.82, 2.24) is 14.3 Å². The van der Waals surface area contributed by atoms with Crippen molar-refractivity contribution in [1.29, 1.82) is 0 Å². The second kappa shape index (κ2) is 12.9. The molecule has 11 heteroatoms. The number of benzene rings is 3. The van der Waals surface area contributed by atoms with E-state index < -0.39 is 18.0 Å². The van der Waals surface area contributed by atoms with Crippen LogP contribution in [0.3, 0.4) is 0 Å². The van der Waals surface area contributed by atoms with Crippen molar-refractivity contribution in [3.05, 3.63) is 126 Å². The maximum atomic E-state index is 14.4. The lowest BCUT2D eigenvalue weighted by Crippen LogP contribution is -2.39. The number of para-hydroxylation sites is 1. The Kier molecular flexibility index (Phi) is 8.72. The molecule has 244 valence electrons. The lowest BCUT2D eigenvalue weighted by atomic mass is 9.95. The quantitative estimate of drug-likeness (QED) is 0.176. The number of methoxy groups -OCH3 is 2. The van der Waals surface area contributed by atoms with E-state index in [2.05, 4.69) is 37.9 Å². The predicted molar refractivity (Wildman–Crippen MR) is 183 cm³/mol. The molecule has 10 nitrogen and oxygen atoms in total. The number of hydrogen-bond acceptors (Lipinski definition) is 9. The molecule has 0 aliphatic carbocycles. The maximum absolute atomic E-state index is 14.4. The molecule has 1 aliphatic rings. The molecule has 1 aliphatic heterocycles. The summed E-state index contributed by atoms with van der Waals surface area (Å²) in [6.07, 6.45) is 3.76. The zero-order valence-corrected chi connectivity index (χ0v) is 28.5. The van der Waals surface area contributed by atoms with Gasteiger partial charge < -0.3 is 14.2 Å². The van der Waals surface area contributed by atoms with Crippen LogP contribution in [0.4, 0.5) is 0 Å². The fourth-order valence-corrected chi connectivity index (χ4v) is 7.23. The fraction of sp³-hybridized carbons (Fsp3) is 0.216. The summed E-state index contributed by atoms with van der Waals surface area (Å²) >= 11 is 1.23. The Hall–Kier alpha value is -5.55. The molecule has 0 bridgehead atoms. The molecule has 0 spiro atoms. The van der Waals surface area contributed by atoms with E-state index in [0.717, 1.165) is 39.2 Å². The van der Waals surface area contributed by atoms with Gasteiger partial charge in [0.15, 0.2) is 16.3 Å². The molecule has 6 rings (SSSR count). The largest absolute Gasteiger partial charge is 0.493 e. The van der Waals surface area contributed by atoms with Crippen LogP contribution >= 0.6 is 11.3 Å². The van der Waals surface area contributed by atoms with Gasteiger partial charge in [-0.2, -0.15) is 5.10 Å². The van der Waals surface area contributed by atoms with E-state index in [1.54, 1.807) is 25.1 Å². The van der Waals surface area contributed by atoms with Gasteiger partial charge in [0, 0.05) is 24.2 Å². The molecule has 48 heavy (non-hydrogen) atoms. The monoisotopic (exact) mass is 662 g/mol. The second-order valence-electron chi connectivity index (χ2n) is 11.6. The zero-order chi connectivity index (χ0) is 34.3. The third kappa shape index (κ3) is 5.88. The number of ether oxygens (including phenoxy) is 3. The Labute approximate surface area is 280 Å². The van der Waals surface area contributed by atoms with Gasteiger partial charge in [-0.25, -0.2) is 14.5 Å². The van der Waals surface area contributed by atoms with Crippen LogP contribution in [0.25, 0.3) is 23.0 Å². The van der Waals surface area contributed by atoms with Gasteiger partial charge in [-0.1, -0.05) is 53.3 Å². The van der Waals surface area contributed by atoms with E-state index in [-0.39, 0.29) is 22.6 Å². The molecular formula is C37H34N4O6S. The number of nitrogens with zero attached hydrogens (tertiary/aromatic N) is 4. The van der Waals surface area contributed by atoms with E-state index in [1.165, 1.54) is 37.0 Å². The average Bonchev–Trinajstić information content (AvgIpc) is 3.60. The van der Waals surface area contributed by atoms with Gasteiger partial charge in [-0.15, -0.1) is 0 Å². The number of hydrogen-bond donors (Lipinski definition) is 0. The van der Waals surface area contributed by atoms with E-state index in [0.29, 0.717) is 20.6 Å². The Bertz CT molecular complexity index is 2290. The van der Waals surface area contributed by atoms with Crippen LogP contribution < -0.4 is 24.4 Å². The van der Waals surface area contributed by atoms with E-state index >= 15 is 0 Å². The van der Waals surface area contributed by atoms with Crippen LogP contribution in [-0.2, 0) is 14.3 Å². The molecule has 3 aromatic carbocycles. The number of esters is 2. The molecule has 1 atom stereocenters. The van der Waals surface area contributed by atoms with Gasteiger partial charge in [0.1, 0.15) is 5.69 Å². The Balaban J connectivity index is 1.59. The topological polar surface area (TPSA) is 114 Å². The van der Waals surface area contributed by atoms with Crippen molar-refractivity contribution < 1.29 is 23.8 Å². The van der Waals surface area contributed by atoms with Crippen LogP contribution in [0.5, 0.6) is 11.5 Å². The molecule has 3 heterocycles. The summed E-state index contributed by atoms with van der Waals surface area (Å²) in [4.78, 5) is 44.4. The summed E-state index contributed by atoms with van der Waals surface area (Å²) in [6, 6.07) is 18.1. The highest BCUT2D eigenvalue weighted by Crippen LogP contribution is 2.36. The number of aromatic nitrogens is 3. The molecule has 0 saturated carbocycles. The minimum Gasteiger partial charge on any atom is -0.493 e. The standard InChI is InChI=1S/C37H34N4O6S/c1-20-15-21(2)31(22(3)16-20)33-26(19-40(39-33)27-11-9-8-10-12-27)18-30-35(43)41-34(32(36(44)46-7)23(4)38-37(41)48-30)25-13-14-28(47-24(5)42)29(17-25)45-6/h8-19,34H,1-7H3. The molecule has 5 aromatic rings. The van der Waals surface area contributed by atoms with E-state index in [9.17, 15) is 14.4 Å². The van der Waals surface area contributed by atoms with Crippen molar-refractivity contribution in [2.24, 2.45) is 4.99 Å². The molecule has 0 saturated heterocycles. The summed E-state index contributed by atoms with van der Waals surface area (Å²) < 4.78 is 19.7. The summed E-state index contributed by atoms with van der Waals surface area (Å²) in [6.45, 7) is 9.20. The average molecular weight is 663 g/mol. The fourth-order valence-electron chi connectivity index (χ4n) is 6.20. The van der Waals surface area contributed by atoms with Crippen molar-refractivity contribution in [2.45, 2.75) is 40.7 Å². The van der Waals surface area contributed by atoms with Crippen LogP contribution in [0, 0.1) is 20.8 Å². The van der Waals surface area contributed by atoms with Crippen LogP contribution in [0.15, 0.2) is 87.9 Å². The Morgan fingerprint density at radius 2 is 1.65 bits per heavy atom. The summed E-state index contributed by atoms with van der Waals surface area (Å²) in [5.74, 6) is -0.641. The molecule has 0 fully saturated rings. The SMILES string of the molecule is COC(=O)C1=C(C)N=c2sc(=Cc3cn(-c4ccccc4)nc3-c3c(C)cc(C)cc3C)c(=O)n2C1c1ccc(OC(C)=O)c(OC)c1. The number of aryl methyl sites for hydroxylation is 3. The number of carbonyl (C=O) groups is 2. The first kappa shape index (κ1) is 32.4.